The van der Waals surface area contributed by atoms with E-state index in [1.54, 1.807) is 48.5 Å². The lowest BCUT2D eigenvalue weighted by Crippen LogP contribution is -2.49. The average molecular weight is 603 g/mol. The van der Waals surface area contributed by atoms with Crippen molar-refractivity contribution in [3.8, 4) is 17.2 Å². The van der Waals surface area contributed by atoms with Crippen LogP contribution < -0.4 is 14.8 Å². The molecule has 0 aliphatic carbocycles. The molecule has 0 bridgehead atoms. The number of aromatic hydroxyl groups is 1. The number of halogens is 1. The molecule has 0 aromatic heterocycles. The fraction of sp³-hybridized carbons (Fsp3) is 0.367. The number of benzene rings is 3. The molecule has 0 saturated carbocycles. The summed E-state index contributed by atoms with van der Waals surface area (Å²) in [5.41, 5.74) is 2.26. The highest BCUT2D eigenvalue weighted by Crippen LogP contribution is 2.25. The molecule has 3 aromatic carbocycles. The lowest BCUT2D eigenvalue weighted by molar-refractivity contribution is 0.122. The number of urea groups is 1. The first kappa shape index (κ1) is 32.0. The maximum Gasteiger partial charge on any atom is 0.322 e. The summed E-state index contributed by atoms with van der Waals surface area (Å²) in [6, 6.07) is 21.4. The minimum Gasteiger partial charge on any atom is -0.508 e. The highest BCUT2D eigenvalue weighted by atomic mass is 35.5. The van der Waals surface area contributed by atoms with Crippen molar-refractivity contribution >= 4 is 39.8 Å². The van der Waals surface area contributed by atoms with Crippen molar-refractivity contribution in [1.82, 2.24) is 9.80 Å². The molecule has 4 rings (SSSR count). The molecule has 2 amide bonds. The van der Waals surface area contributed by atoms with Gasteiger partial charge in [-0.1, -0.05) is 31.5 Å². The van der Waals surface area contributed by atoms with Gasteiger partial charge >= 0.3 is 6.03 Å². The van der Waals surface area contributed by atoms with Crippen LogP contribution in [0.5, 0.6) is 17.2 Å². The lowest BCUT2D eigenvalue weighted by Gasteiger charge is -2.38. The first-order valence-corrected chi connectivity index (χ1v) is 15.5. The van der Waals surface area contributed by atoms with Gasteiger partial charge in [0.2, 0.25) is 10.0 Å². The van der Waals surface area contributed by atoms with Crippen molar-refractivity contribution in [2.45, 2.75) is 45.2 Å². The largest absolute Gasteiger partial charge is 0.508 e. The smallest absolute Gasteiger partial charge is 0.322 e. The van der Waals surface area contributed by atoms with Crippen LogP contribution >= 0.6 is 12.4 Å². The van der Waals surface area contributed by atoms with Crippen LogP contribution in [-0.4, -0.2) is 61.3 Å². The van der Waals surface area contributed by atoms with Gasteiger partial charge in [-0.2, -0.15) is 0 Å². The van der Waals surface area contributed by atoms with E-state index in [0.29, 0.717) is 29.4 Å². The highest BCUT2D eigenvalue weighted by Gasteiger charge is 2.28. The molecule has 1 heterocycles. The number of nitrogens with one attached hydrogen (secondary N) is 2. The summed E-state index contributed by atoms with van der Waals surface area (Å²) in [5.74, 6) is 1.45. The van der Waals surface area contributed by atoms with E-state index in [2.05, 4.69) is 34.0 Å². The van der Waals surface area contributed by atoms with Crippen LogP contribution in [0.4, 0.5) is 16.2 Å². The number of carbonyl (C=O) groups is 1. The van der Waals surface area contributed by atoms with E-state index in [1.165, 1.54) is 5.56 Å². The van der Waals surface area contributed by atoms with E-state index in [4.69, 9.17) is 4.74 Å². The summed E-state index contributed by atoms with van der Waals surface area (Å²) in [6.45, 7) is 5.46. The summed E-state index contributed by atoms with van der Waals surface area (Å²) < 4.78 is 31.1. The Kier molecular flexibility index (Phi) is 11.7. The number of hydrogen-bond donors (Lipinski definition) is 3. The Balaban J connectivity index is 0.00000462. The third-order valence-electron chi connectivity index (χ3n) is 6.83. The van der Waals surface area contributed by atoms with Crippen molar-refractivity contribution < 1.29 is 23.1 Å². The number of carbonyl (C=O) groups excluding carboxylic acids is 1. The fourth-order valence-electron chi connectivity index (χ4n) is 4.81. The number of likely N-dealkylation sites (tertiary alicyclic amines) is 1. The second kappa shape index (κ2) is 15.0. The van der Waals surface area contributed by atoms with Crippen molar-refractivity contribution in [3.63, 3.8) is 0 Å². The zero-order valence-electron chi connectivity index (χ0n) is 23.5. The highest BCUT2D eigenvalue weighted by molar-refractivity contribution is 7.92. The maximum absolute atomic E-state index is 13.1. The standard InChI is InChI=1S/C30H38N4O5S.ClH/c1-3-4-18-34(30(36)31-25-6-5-7-27(35)21-25)26-16-19-33(20-17-26)22-23-8-12-28(13-9-23)39-29-14-10-24(11-15-29)32-40(2,37)38;/h5-15,21,26,32,35H,3-4,16-20,22H2,1-2H3,(H,31,36);1H. The molecule has 3 aromatic rings. The van der Waals surface area contributed by atoms with E-state index in [9.17, 15) is 18.3 Å². The predicted molar refractivity (Wildman–Crippen MR) is 166 cm³/mol. The van der Waals surface area contributed by atoms with Gasteiger partial charge in [-0.25, -0.2) is 13.2 Å². The Morgan fingerprint density at radius 1 is 1.00 bits per heavy atom. The zero-order chi connectivity index (χ0) is 28.5. The molecule has 222 valence electrons. The first-order chi connectivity index (χ1) is 19.2. The minimum atomic E-state index is -3.32. The number of anilines is 2. The molecule has 1 saturated heterocycles. The normalized spacial score (nSPS) is 14.1. The predicted octanol–water partition coefficient (Wildman–Crippen LogP) is 6.28. The monoisotopic (exact) mass is 602 g/mol. The molecule has 0 radical (unpaired) electrons. The molecule has 0 atom stereocenters. The first-order valence-electron chi connectivity index (χ1n) is 13.6. The van der Waals surface area contributed by atoms with Crippen molar-refractivity contribution in [1.29, 1.82) is 0 Å². The van der Waals surface area contributed by atoms with Crippen LogP contribution in [0, 0.1) is 0 Å². The molecular weight excluding hydrogens is 564 g/mol. The Labute approximate surface area is 249 Å². The molecule has 3 N–H and O–H groups in total. The number of ether oxygens (including phenoxy) is 1. The molecule has 0 unspecified atom stereocenters. The molecule has 1 aliphatic rings. The third kappa shape index (κ3) is 10.1. The van der Waals surface area contributed by atoms with Crippen molar-refractivity contribution in [2.75, 3.05) is 35.9 Å². The van der Waals surface area contributed by atoms with Gasteiger partial charge in [0.05, 0.1) is 6.26 Å². The SMILES string of the molecule is CCCCN(C(=O)Nc1cccc(O)c1)C1CCN(Cc2ccc(Oc3ccc(NS(C)(=O)=O)cc3)cc2)CC1.Cl. The van der Waals surface area contributed by atoms with Crippen LogP contribution in [0.15, 0.2) is 72.8 Å². The summed E-state index contributed by atoms with van der Waals surface area (Å²) in [7, 11) is -3.32. The molecule has 1 fully saturated rings. The van der Waals surface area contributed by atoms with Crippen LogP contribution in [0.3, 0.4) is 0 Å². The topological polar surface area (TPSA) is 111 Å². The van der Waals surface area contributed by atoms with Gasteiger partial charge in [-0.3, -0.25) is 9.62 Å². The summed E-state index contributed by atoms with van der Waals surface area (Å²) in [6.07, 6.45) is 4.89. The van der Waals surface area contributed by atoms with Gasteiger partial charge < -0.3 is 20.1 Å². The van der Waals surface area contributed by atoms with Crippen LogP contribution in [0.1, 0.15) is 38.2 Å². The van der Waals surface area contributed by atoms with E-state index >= 15 is 0 Å². The molecule has 41 heavy (non-hydrogen) atoms. The average Bonchev–Trinajstić information content (AvgIpc) is 2.91. The number of rotatable bonds is 11. The van der Waals surface area contributed by atoms with E-state index in [-0.39, 0.29) is 30.2 Å². The number of amides is 2. The van der Waals surface area contributed by atoms with E-state index in [1.807, 2.05) is 17.0 Å². The van der Waals surface area contributed by atoms with Crippen molar-refractivity contribution in [3.05, 3.63) is 78.4 Å². The number of unbranched alkanes of at least 4 members (excludes halogenated alkanes) is 1. The van der Waals surface area contributed by atoms with E-state index in [0.717, 1.165) is 51.6 Å². The van der Waals surface area contributed by atoms with Gasteiger partial charge in [-0.15, -0.1) is 12.4 Å². The lowest BCUT2D eigenvalue weighted by atomic mass is 10.0. The number of piperidine rings is 1. The third-order valence-corrected chi connectivity index (χ3v) is 7.44. The molecular formula is C30H39ClN4O5S. The molecule has 1 aliphatic heterocycles. The molecule has 9 nitrogen and oxygen atoms in total. The number of phenols is 1. The Morgan fingerprint density at radius 2 is 1.63 bits per heavy atom. The number of hydrogen-bond acceptors (Lipinski definition) is 6. The second-order valence-corrected chi connectivity index (χ2v) is 11.9. The molecule has 0 spiro atoms. The van der Waals surface area contributed by atoms with Crippen molar-refractivity contribution in [2.24, 2.45) is 0 Å². The number of nitrogens with zero attached hydrogens (tertiary/aromatic N) is 2. The number of phenolic OH excluding ortho intramolecular Hbond substituents is 1. The van der Waals surface area contributed by atoms with Gasteiger partial charge in [0.25, 0.3) is 0 Å². The summed E-state index contributed by atoms with van der Waals surface area (Å²) in [4.78, 5) is 17.5. The summed E-state index contributed by atoms with van der Waals surface area (Å²) >= 11 is 0. The van der Waals surface area contributed by atoms with E-state index < -0.39 is 10.0 Å². The van der Waals surface area contributed by atoms with Gasteiger partial charge in [-0.05, 0) is 73.4 Å². The minimum absolute atomic E-state index is 0. The quantitative estimate of drug-likeness (QED) is 0.238. The van der Waals surface area contributed by atoms with Crippen LogP contribution in [-0.2, 0) is 16.6 Å². The Morgan fingerprint density at radius 3 is 2.22 bits per heavy atom. The van der Waals surface area contributed by atoms with Gasteiger partial charge in [0, 0.05) is 49.7 Å². The second-order valence-electron chi connectivity index (χ2n) is 10.2. The Bertz CT molecular complexity index is 1360. The van der Waals surface area contributed by atoms with Crippen LogP contribution in [0.25, 0.3) is 0 Å². The number of sulfonamides is 1. The van der Waals surface area contributed by atoms with Gasteiger partial charge in [0.15, 0.2) is 0 Å². The van der Waals surface area contributed by atoms with Crippen LogP contribution in [0.2, 0.25) is 0 Å². The summed E-state index contributed by atoms with van der Waals surface area (Å²) in [5, 5.41) is 12.7. The zero-order valence-corrected chi connectivity index (χ0v) is 25.1. The maximum atomic E-state index is 13.1. The molecule has 11 heteroatoms. The fourth-order valence-corrected chi connectivity index (χ4v) is 5.37. The Hall–Kier alpha value is -3.47. The van der Waals surface area contributed by atoms with Gasteiger partial charge in [0.1, 0.15) is 17.2 Å².